The molecule has 0 bridgehead atoms. The summed E-state index contributed by atoms with van der Waals surface area (Å²) in [6.45, 7) is 0. The van der Waals surface area contributed by atoms with Crippen LogP contribution in [0.2, 0.25) is 5.15 Å². The normalized spacial score (nSPS) is 9.77. The van der Waals surface area contributed by atoms with E-state index < -0.39 is 5.97 Å². The van der Waals surface area contributed by atoms with Gasteiger partial charge >= 0.3 is 5.97 Å². The molecule has 0 aliphatic heterocycles. The summed E-state index contributed by atoms with van der Waals surface area (Å²) in [6.07, 6.45) is 1.19. The highest BCUT2D eigenvalue weighted by atomic mass is 35.5. The van der Waals surface area contributed by atoms with Crippen molar-refractivity contribution in [3.63, 3.8) is 0 Å². The van der Waals surface area contributed by atoms with Gasteiger partial charge < -0.3 is 10.0 Å². The summed E-state index contributed by atoms with van der Waals surface area (Å²) in [7, 11) is 3.48. The summed E-state index contributed by atoms with van der Waals surface area (Å²) in [4.78, 5) is 19.8. The van der Waals surface area contributed by atoms with Gasteiger partial charge in [0.05, 0.1) is 0 Å². The fourth-order valence-corrected chi connectivity index (χ4v) is 0.917. The van der Waals surface area contributed by atoms with Gasteiger partial charge in [-0.3, -0.25) is 0 Å². The zero-order chi connectivity index (χ0) is 10.0. The smallest absolute Gasteiger partial charge is 0.340 e. The highest BCUT2D eigenvalue weighted by Crippen LogP contribution is 2.14. The number of hydrogen-bond donors (Lipinski definition) is 1. The lowest BCUT2D eigenvalue weighted by Crippen LogP contribution is -2.14. The molecule has 0 fully saturated rings. The minimum Gasteiger partial charge on any atom is -0.478 e. The van der Waals surface area contributed by atoms with E-state index >= 15 is 0 Å². The molecular weight excluding hydrogens is 194 g/mol. The van der Waals surface area contributed by atoms with Crippen molar-refractivity contribution in [1.29, 1.82) is 0 Å². The predicted molar refractivity (Wildman–Crippen MR) is 48.3 cm³/mol. The van der Waals surface area contributed by atoms with E-state index in [-0.39, 0.29) is 10.7 Å². The van der Waals surface area contributed by atoms with Crippen LogP contribution in [0.25, 0.3) is 0 Å². The first-order valence-electron chi connectivity index (χ1n) is 3.45. The molecule has 5 nitrogen and oxygen atoms in total. The summed E-state index contributed by atoms with van der Waals surface area (Å²) in [5.74, 6) is -0.745. The van der Waals surface area contributed by atoms with E-state index in [1.165, 1.54) is 6.20 Å². The van der Waals surface area contributed by atoms with E-state index in [9.17, 15) is 4.79 Å². The predicted octanol–water partition coefficient (Wildman–Crippen LogP) is 0.894. The second-order valence-electron chi connectivity index (χ2n) is 2.57. The van der Waals surface area contributed by atoms with Crippen LogP contribution < -0.4 is 4.90 Å². The summed E-state index contributed by atoms with van der Waals surface area (Å²) >= 11 is 5.61. The number of aromatic carboxylic acids is 1. The van der Waals surface area contributed by atoms with Crippen molar-refractivity contribution in [2.75, 3.05) is 19.0 Å². The van der Waals surface area contributed by atoms with Gasteiger partial charge in [0.15, 0.2) is 0 Å². The molecule has 1 N–H and O–H groups in total. The average molecular weight is 202 g/mol. The molecule has 70 valence electrons. The Morgan fingerprint density at radius 2 is 2.23 bits per heavy atom. The Bertz CT molecular complexity index is 341. The number of carboxylic acid groups (broad SMARTS) is 1. The number of nitrogens with zero attached hydrogens (tertiary/aromatic N) is 3. The Morgan fingerprint density at radius 1 is 1.62 bits per heavy atom. The maximum absolute atomic E-state index is 10.5. The van der Waals surface area contributed by atoms with Crippen molar-refractivity contribution < 1.29 is 9.90 Å². The van der Waals surface area contributed by atoms with Crippen LogP contribution in [0.15, 0.2) is 6.20 Å². The molecule has 0 unspecified atom stereocenters. The first-order valence-corrected chi connectivity index (χ1v) is 3.83. The summed E-state index contributed by atoms with van der Waals surface area (Å²) in [6, 6.07) is 0. The summed E-state index contributed by atoms with van der Waals surface area (Å²) in [5, 5.41) is 8.57. The second-order valence-corrected chi connectivity index (χ2v) is 2.93. The van der Waals surface area contributed by atoms with E-state index in [4.69, 9.17) is 16.7 Å². The molecule has 1 aromatic heterocycles. The van der Waals surface area contributed by atoms with Crippen molar-refractivity contribution in [3.05, 3.63) is 16.9 Å². The Kier molecular flexibility index (Phi) is 2.67. The number of anilines is 1. The lowest BCUT2D eigenvalue weighted by atomic mass is 10.3. The third-order valence-electron chi connectivity index (χ3n) is 1.36. The molecule has 0 saturated heterocycles. The number of rotatable bonds is 2. The number of halogens is 1. The molecule has 0 aromatic carbocycles. The average Bonchev–Trinajstić information content (AvgIpc) is 2.03. The fourth-order valence-electron chi connectivity index (χ4n) is 0.711. The number of aromatic nitrogens is 2. The molecule has 1 aromatic rings. The van der Waals surface area contributed by atoms with Crippen LogP contribution in [0, 0.1) is 0 Å². The number of carbonyl (C=O) groups is 1. The zero-order valence-corrected chi connectivity index (χ0v) is 7.91. The SMILES string of the molecule is CN(C)c1ncc(C(=O)O)c(Cl)n1. The van der Waals surface area contributed by atoms with Crippen LogP contribution in [0.3, 0.4) is 0 Å². The first-order chi connectivity index (χ1) is 6.02. The highest BCUT2D eigenvalue weighted by molar-refractivity contribution is 6.32. The van der Waals surface area contributed by atoms with Gasteiger partial charge in [0.2, 0.25) is 5.95 Å². The number of carboxylic acids is 1. The monoisotopic (exact) mass is 201 g/mol. The van der Waals surface area contributed by atoms with E-state index in [1.807, 2.05) is 0 Å². The van der Waals surface area contributed by atoms with E-state index in [1.54, 1.807) is 19.0 Å². The Labute approximate surface area is 80.0 Å². The molecule has 13 heavy (non-hydrogen) atoms. The van der Waals surface area contributed by atoms with Crippen LogP contribution in [0.5, 0.6) is 0 Å². The third-order valence-corrected chi connectivity index (χ3v) is 1.65. The van der Waals surface area contributed by atoms with Crippen molar-refractivity contribution in [1.82, 2.24) is 9.97 Å². The van der Waals surface area contributed by atoms with Gasteiger partial charge in [-0.15, -0.1) is 0 Å². The van der Waals surface area contributed by atoms with Crippen LogP contribution >= 0.6 is 11.6 Å². The molecule has 0 radical (unpaired) electrons. The molecule has 1 rings (SSSR count). The zero-order valence-electron chi connectivity index (χ0n) is 7.15. The molecule has 0 aliphatic carbocycles. The minimum absolute atomic E-state index is 0.0498. The van der Waals surface area contributed by atoms with Gasteiger partial charge in [-0.05, 0) is 0 Å². The van der Waals surface area contributed by atoms with Gasteiger partial charge in [0.1, 0.15) is 10.7 Å². The molecule has 0 aliphatic rings. The first kappa shape index (κ1) is 9.73. The standard InChI is InChI=1S/C7H8ClN3O2/c1-11(2)7-9-3-4(6(12)13)5(8)10-7/h3H,1-2H3,(H,12,13). The maximum Gasteiger partial charge on any atom is 0.340 e. The van der Waals surface area contributed by atoms with E-state index in [0.717, 1.165) is 0 Å². The topological polar surface area (TPSA) is 66.3 Å². The van der Waals surface area contributed by atoms with Gasteiger partial charge in [0.25, 0.3) is 0 Å². The maximum atomic E-state index is 10.5. The Hall–Kier alpha value is -1.36. The van der Waals surface area contributed by atoms with Crippen LogP contribution in [-0.2, 0) is 0 Å². The lowest BCUT2D eigenvalue weighted by molar-refractivity contribution is 0.0696. The highest BCUT2D eigenvalue weighted by Gasteiger charge is 2.11. The summed E-state index contributed by atoms with van der Waals surface area (Å²) in [5.41, 5.74) is -0.0905. The Balaban J connectivity index is 3.13. The third kappa shape index (κ3) is 2.06. The molecule has 0 spiro atoms. The largest absolute Gasteiger partial charge is 0.478 e. The molecular formula is C7H8ClN3O2. The van der Waals surface area contributed by atoms with Crippen molar-refractivity contribution in [2.24, 2.45) is 0 Å². The molecule has 0 saturated carbocycles. The molecule has 6 heteroatoms. The Morgan fingerprint density at radius 3 is 2.62 bits per heavy atom. The summed E-state index contributed by atoms with van der Waals surface area (Å²) < 4.78 is 0. The van der Waals surface area contributed by atoms with E-state index in [2.05, 4.69) is 9.97 Å². The van der Waals surface area contributed by atoms with Gasteiger partial charge in [-0.2, -0.15) is 0 Å². The molecule has 1 heterocycles. The van der Waals surface area contributed by atoms with Gasteiger partial charge in [-0.25, -0.2) is 14.8 Å². The fraction of sp³-hybridized carbons (Fsp3) is 0.286. The molecule has 0 atom stereocenters. The van der Waals surface area contributed by atoms with Crippen LogP contribution in [0.4, 0.5) is 5.95 Å². The number of hydrogen-bond acceptors (Lipinski definition) is 4. The van der Waals surface area contributed by atoms with Crippen molar-refractivity contribution in [3.8, 4) is 0 Å². The van der Waals surface area contributed by atoms with Crippen LogP contribution in [-0.4, -0.2) is 35.1 Å². The van der Waals surface area contributed by atoms with Crippen LogP contribution in [0.1, 0.15) is 10.4 Å². The minimum atomic E-state index is -1.13. The van der Waals surface area contributed by atoms with E-state index in [0.29, 0.717) is 5.95 Å². The van der Waals surface area contributed by atoms with Crippen molar-refractivity contribution >= 4 is 23.5 Å². The second kappa shape index (κ2) is 3.57. The van der Waals surface area contributed by atoms with Gasteiger partial charge in [0, 0.05) is 20.3 Å². The molecule has 0 amide bonds. The van der Waals surface area contributed by atoms with Crippen molar-refractivity contribution in [2.45, 2.75) is 0 Å². The van der Waals surface area contributed by atoms with Gasteiger partial charge in [-0.1, -0.05) is 11.6 Å². The lowest BCUT2D eigenvalue weighted by Gasteiger charge is -2.09. The quantitative estimate of drug-likeness (QED) is 0.720.